The largest absolute Gasteiger partial charge is 0.508 e. The summed E-state index contributed by atoms with van der Waals surface area (Å²) < 4.78 is 5.53. The maximum Gasteiger partial charge on any atom is 0.170 e. The van der Waals surface area contributed by atoms with Crippen molar-refractivity contribution in [3.8, 4) is 11.5 Å². The van der Waals surface area contributed by atoms with Crippen molar-refractivity contribution in [2.24, 2.45) is 0 Å². The van der Waals surface area contributed by atoms with Crippen LogP contribution in [0.1, 0.15) is 36.2 Å². The number of carbonyl (C=O) groups excluding carboxylic acids is 1. The molecule has 1 aliphatic rings. The summed E-state index contributed by atoms with van der Waals surface area (Å²) in [5.41, 5.74) is 2.46. The standard InChI is InChI=1S/C14H16O3/c1-9(2)3-4-10-12(15)6-5-11-13(16)7-8-17-14(10)11/h3,5-6,15H,4,7-8H2,1-2H3. The number of Topliss-reactive ketones (excluding diaryl/α,β-unsaturated/α-hetero) is 1. The summed E-state index contributed by atoms with van der Waals surface area (Å²) >= 11 is 0. The Kier molecular flexibility index (Phi) is 3.18. The average molecular weight is 232 g/mol. The van der Waals surface area contributed by atoms with E-state index in [4.69, 9.17) is 4.74 Å². The van der Waals surface area contributed by atoms with E-state index in [1.54, 1.807) is 12.1 Å². The Hall–Kier alpha value is -1.77. The number of hydrogen-bond acceptors (Lipinski definition) is 3. The van der Waals surface area contributed by atoms with Crippen molar-refractivity contribution < 1.29 is 14.6 Å². The second-order valence-corrected chi connectivity index (χ2v) is 4.45. The molecule has 1 aromatic rings. The lowest BCUT2D eigenvalue weighted by molar-refractivity contribution is 0.0932. The summed E-state index contributed by atoms with van der Waals surface area (Å²) in [6.45, 7) is 4.40. The van der Waals surface area contributed by atoms with Crippen LogP contribution in [0.5, 0.6) is 11.5 Å². The Morgan fingerprint density at radius 2 is 2.24 bits per heavy atom. The second-order valence-electron chi connectivity index (χ2n) is 4.45. The molecule has 0 unspecified atom stereocenters. The van der Waals surface area contributed by atoms with E-state index < -0.39 is 0 Å². The van der Waals surface area contributed by atoms with E-state index in [1.807, 2.05) is 19.9 Å². The van der Waals surface area contributed by atoms with Gasteiger partial charge in [0.05, 0.1) is 12.2 Å². The molecule has 0 spiro atoms. The van der Waals surface area contributed by atoms with E-state index in [0.717, 1.165) is 0 Å². The molecule has 2 rings (SSSR count). The van der Waals surface area contributed by atoms with E-state index in [2.05, 4.69) is 0 Å². The molecule has 17 heavy (non-hydrogen) atoms. The molecule has 0 aliphatic carbocycles. The number of aromatic hydroxyl groups is 1. The first kappa shape index (κ1) is 11.7. The topological polar surface area (TPSA) is 46.5 Å². The van der Waals surface area contributed by atoms with Gasteiger partial charge in [-0.3, -0.25) is 4.79 Å². The first-order chi connectivity index (χ1) is 8.09. The molecule has 0 radical (unpaired) electrons. The number of ether oxygens (including phenoxy) is 1. The van der Waals surface area contributed by atoms with Crippen LogP contribution in [0.15, 0.2) is 23.8 Å². The minimum Gasteiger partial charge on any atom is -0.508 e. The maximum atomic E-state index is 11.7. The fraction of sp³-hybridized carbons (Fsp3) is 0.357. The number of phenolic OH excluding ortho intramolecular Hbond substituents is 1. The molecule has 0 aromatic heterocycles. The Morgan fingerprint density at radius 3 is 2.94 bits per heavy atom. The van der Waals surface area contributed by atoms with Crippen LogP contribution in [0.25, 0.3) is 0 Å². The van der Waals surface area contributed by atoms with E-state index in [-0.39, 0.29) is 11.5 Å². The third-order valence-electron chi connectivity index (χ3n) is 2.83. The predicted octanol–water partition coefficient (Wildman–Crippen LogP) is 2.87. The molecule has 1 heterocycles. The number of carbonyl (C=O) groups is 1. The van der Waals surface area contributed by atoms with Crippen LogP contribution in [0, 0.1) is 0 Å². The van der Waals surface area contributed by atoms with Crippen LogP contribution in [0.3, 0.4) is 0 Å². The van der Waals surface area contributed by atoms with E-state index >= 15 is 0 Å². The zero-order valence-electron chi connectivity index (χ0n) is 10.1. The summed E-state index contributed by atoms with van der Waals surface area (Å²) in [4.78, 5) is 11.7. The van der Waals surface area contributed by atoms with Crippen LogP contribution in [0.4, 0.5) is 0 Å². The van der Waals surface area contributed by atoms with Crippen molar-refractivity contribution >= 4 is 5.78 Å². The summed E-state index contributed by atoms with van der Waals surface area (Å²) in [6.07, 6.45) is 3.02. The van der Waals surface area contributed by atoms with E-state index in [1.165, 1.54) is 5.57 Å². The van der Waals surface area contributed by atoms with E-state index in [9.17, 15) is 9.90 Å². The quantitative estimate of drug-likeness (QED) is 0.797. The molecule has 0 saturated carbocycles. The van der Waals surface area contributed by atoms with Gasteiger partial charge in [-0.25, -0.2) is 0 Å². The molecule has 3 heteroatoms. The lowest BCUT2D eigenvalue weighted by Crippen LogP contribution is -2.16. The SMILES string of the molecule is CC(C)=CCc1c(O)ccc2c1OCCC2=O. The highest BCUT2D eigenvalue weighted by molar-refractivity contribution is 6.00. The third-order valence-corrected chi connectivity index (χ3v) is 2.83. The molecule has 1 aromatic carbocycles. The van der Waals surface area contributed by atoms with Gasteiger partial charge in [0.2, 0.25) is 0 Å². The number of ketones is 1. The van der Waals surface area contributed by atoms with Crippen LogP contribution in [-0.4, -0.2) is 17.5 Å². The second kappa shape index (κ2) is 4.62. The molecule has 1 aliphatic heterocycles. The van der Waals surface area contributed by atoms with Gasteiger partial charge in [0.15, 0.2) is 5.78 Å². The normalized spacial score (nSPS) is 13.9. The average Bonchev–Trinajstić information content (AvgIpc) is 2.27. The molecule has 0 amide bonds. The first-order valence-electron chi connectivity index (χ1n) is 5.74. The molecule has 0 fully saturated rings. The Morgan fingerprint density at radius 1 is 1.47 bits per heavy atom. The van der Waals surface area contributed by atoms with Crippen molar-refractivity contribution in [2.45, 2.75) is 26.7 Å². The van der Waals surface area contributed by atoms with Crippen LogP contribution in [0.2, 0.25) is 0 Å². The molecular weight excluding hydrogens is 216 g/mol. The van der Waals surface area contributed by atoms with Gasteiger partial charge in [-0.1, -0.05) is 11.6 Å². The van der Waals surface area contributed by atoms with Gasteiger partial charge in [0.25, 0.3) is 0 Å². The van der Waals surface area contributed by atoms with Crippen molar-refractivity contribution in [1.82, 2.24) is 0 Å². The van der Waals surface area contributed by atoms with E-state index in [0.29, 0.717) is 36.3 Å². The summed E-state index contributed by atoms with van der Waals surface area (Å²) in [5.74, 6) is 0.833. The molecule has 0 saturated heterocycles. The Bertz CT molecular complexity index is 482. The first-order valence-corrected chi connectivity index (χ1v) is 5.74. The van der Waals surface area contributed by atoms with Gasteiger partial charge in [0, 0.05) is 12.0 Å². The lowest BCUT2D eigenvalue weighted by atomic mass is 9.98. The Balaban J connectivity index is 2.46. The lowest BCUT2D eigenvalue weighted by Gasteiger charge is -2.19. The zero-order valence-corrected chi connectivity index (χ0v) is 10.1. The maximum absolute atomic E-state index is 11.7. The highest BCUT2D eigenvalue weighted by Gasteiger charge is 2.22. The van der Waals surface area contributed by atoms with Crippen molar-refractivity contribution in [1.29, 1.82) is 0 Å². The van der Waals surface area contributed by atoms with Crippen molar-refractivity contribution in [2.75, 3.05) is 6.61 Å². The number of hydrogen-bond donors (Lipinski definition) is 1. The molecular formula is C14H16O3. The zero-order chi connectivity index (χ0) is 12.4. The number of fused-ring (bicyclic) bond motifs is 1. The molecule has 1 N–H and O–H groups in total. The summed E-state index contributed by atoms with van der Waals surface area (Å²) in [5, 5.41) is 9.85. The predicted molar refractivity (Wildman–Crippen MR) is 65.7 cm³/mol. The molecule has 0 bridgehead atoms. The van der Waals surface area contributed by atoms with Crippen molar-refractivity contribution in [3.63, 3.8) is 0 Å². The minimum absolute atomic E-state index is 0.0877. The third kappa shape index (κ3) is 2.33. The highest BCUT2D eigenvalue weighted by atomic mass is 16.5. The van der Waals surface area contributed by atoms with Gasteiger partial charge in [-0.05, 0) is 32.4 Å². The van der Waals surface area contributed by atoms with Crippen LogP contribution < -0.4 is 4.74 Å². The molecule has 90 valence electrons. The van der Waals surface area contributed by atoms with Crippen LogP contribution >= 0.6 is 0 Å². The highest BCUT2D eigenvalue weighted by Crippen LogP contribution is 2.35. The van der Waals surface area contributed by atoms with Gasteiger partial charge in [-0.15, -0.1) is 0 Å². The Labute approximate surface area is 101 Å². The number of phenols is 1. The fourth-order valence-corrected chi connectivity index (χ4v) is 1.89. The number of rotatable bonds is 2. The fourth-order valence-electron chi connectivity index (χ4n) is 1.89. The van der Waals surface area contributed by atoms with Gasteiger partial charge >= 0.3 is 0 Å². The summed E-state index contributed by atoms with van der Waals surface area (Å²) in [6, 6.07) is 3.21. The van der Waals surface area contributed by atoms with Gasteiger partial charge in [0.1, 0.15) is 11.5 Å². The monoisotopic (exact) mass is 232 g/mol. The van der Waals surface area contributed by atoms with Crippen molar-refractivity contribution in [3.05, 3.63) is 34.9 Å². The van der Waals surface area contributed by atoms with Crippen LogP contribution in [-0.2, 0) is 6.42 Å². The summed E-state index contributed by atoms with van der Waals surface area (Å²) in [7, 11) is 0. The number of benzene rings is 1. The molecule has 3 nitrogen and oxygen atoms in total. The number of allylic oxidation sites excluding steroid dienone is 2. The van der Waals surface area contributed by atoms with Gasteiger partial charge < -0.3 is 9.84 Å². The molecule has 0 atom stereocenters. The smallest absolute Gasteiger partial charge is 0.170 e. The van der Waals surface area contributed by atoms with Gasteiger partial charge in [-0.2, -0.15) is 0 Å². The minimum atomic E-state index is 0.0877.